The lowest BCUT2D eigenvalue weighted by Crippen LogP contribution is -2.51. The third-order valence-electron chi connectivity index (χ3n) is 4.05. The van der Waals surface area contributed by atoms with E-state index in [0.29, 0.717) is 5.56 Å². The molecule has 0 saturated carbocycles. The number of nitrogens with one attached hydrogen (secondary N) is 2. The largest absolute Gasteiger partial charge is 0.392 e. The highest BCUT2D eigenvalue weighted by molar-refractivity contribution is 5.97. The van der Waals surface area contributed by atoms with Crippen molar-refractivity contribution in [2.24, 2.45) is 0 Å². The minimum Gasteiger partial charge on any atom is -0.392 e. The second-order valence-corrected chi connectivity index (χ2v) is 6.25. The van der Waals surface area contributed by atoms with Crippen molar-refractivity contribution in [2.75, 3.05) is 0 Å². The van der Waals surface area contributed by atoms with E-state index in [1.807, 2.05) is 30.3 Å². The molecule has 0 aliphatic rings. The number of benzene rings is 2. The Balaban J connectivity index is 1.99. The first kappa shape index (κ1) is 21.9. The minimum absolute atomic E-state index is 0.00608. The molecule has 0 spiro atoms. The van der Waals surface area contributed by atoms with Gasteiger partial charge in [0.15, 0.2) is 0 Å². The van der Waals surface area contributed by atoms with Gasteiger partial charge in [0, 0.05) is 11.1 Å². The van der Waals surface area contributed by atoms with E-state index < -0.39 is 24.0 Å². The molecule has 0 radical (unpaired) electrons. The van der Waals surface area contributed by atoms with Crippen LogP contribution in [-0.4, -0.2) is 39.4 Å². The minimum atomic E-state index is -1.27. The van der Waals surface area contributed by atoms with Gasteiger partial charge in [-0.05, 0) is 54.5 Å². The zero-order chi connectivity index (χ0) is 21.2. The van der Waals surface area contributed by atoms with Gasteiger partial charge in [-0.2, -0.15) is 0 Å². The topological polar surface area (TPSA) is 119 Å². The Morgan fingerprint density at radius 3 is 2.31 bits per heavy atom. The molecule has 0 saturated heterocycles. The summed E-state index contributed by atoms with van der Waals surface area (Å²) < 4.78 is 0. The van der Waals surface area contributed by atoms with Crippen LogP contribution >= 0.6 is 0 Å². The molecule has 0 unspecified atom stereocenters. The van der Waals surface area contributed by atoms with Crippen LogP contribution < -0.4 is 10.8 Å². The van der Waals surface area contributed by atoms with Gasteiger partial charge < -0.3 is 15.5 Å². The van der Waals surface area contributed by atoms with E-state index >= 15 is 0 Å². The number of hydroxylamine groups is 1. The Morgan fingerprint density at radius 2 is 1.76 bits per heavy atom. The molecule has 0 bridgehead atoms. The first-order chi connectivity index (χ1) is 13.9. The number of aliphatic hydroxyl groups excluding tert-OH is 2. The van der Waals surface area contributed by atoms with Gasteiger partial charge in [-0.15, -0.1) is 0 Å². The van der Waals surface area contributed by atoms with E-state index in [9.17, 15) is 14.7 Å². The summed E-state index contributed by atoms with van der Waals surface area (Å²) in [5.41, 5.74) is 4.19. The molecule has 7 heteroatoms. The number of hydrogen-bond acceptors (Lipinski definition) is 5. The molecule has 0 aromatic heterocycles. The molecule has 0 fully saturated rings. The predicted molar refractivity (Wildman–Crippen MR) is 108 cm³/mol. The zero-order valence-corrected chi connectivity index (χ0v) is 15.8. The predicted octanol–water partition coefficient (Wildman–Crippen LogP) is 1.23. The summed E-state index contributed by atoms with van der Waals surface area (Å²) in [6, 6.07) is 12.6. The molecule has 2 aromatic carbocycles. The van der Waals surface area contributed by atoms with Crippen molar-refractivity contribution >= 4 is 17.9 Å². The first-order valence-electron chi connectivity index (χ1n) is 8.85. The lowest BCUT2D eigenvalue weighted by atomic mass is 10.1. The van der Waals surface area contributed by atoms with Gasteiger partial charge in [0.1, 0.15) is 6.04 Å². The molecule has 29 heavy (non-hydrogen) atoms. The fraction of sp³-hybridized carbons (Fsp3) is 0.182. The molecule has 0 aliphatic heterocycles. The number of allylic oxidation sites excluding steroid dienone is 1. The van der Waals surface area contributed by atoms with Crippen LogP contribution in [0.3, 0.4) is 0 Å². The Hall–Kier alpha value is -3.44. The van der Waals surface area contributed by atoms with Crippen LogP contribution in [0.1, 0.15) is 34.0 Å². The molecule has 2 amide bonds. The maximum absolute atomic E-state index is 12.2. The van der Waals surface area contributed by atoms with Crippen LogP contribution in [0.5, 0.6) is 0 Å². The number of carbonyl (C=O) groups is 2. The van der Waals surface area contributed by atoms with E-state index in [1.165, 1.54) is 12.4 Å². The molecular weight excluding hydrogens is 372 g/mol. The van der Waals surface area contributed by atoms with Crippen LogP contribution in [0.15, 0.2) is 54.6 Å². The number of amides is 2. The highest BCUT2D eigenvalue weighted by atomic mass is 16.5. The zero-order valence-electron chi connectivity index (χ0n) is 15.8. The molecular formula is C22H22N2O5. The molecule has 2 aromatic rings. The average molecular weight is 394 g/mol. The van der Waals surface area contributed by atoms with Gasteiger partial charge in [-0.3, -0.25) is 14.8 Å². The highest BCUT2D eigenvalue weighted by Crippen LogP contribution is 2.07. The van der Waals surface area contributed by atoms with E-state index in [2.05, 4.69) is 17.2 Å². The maximum atomic E-state index is 12.2. The molecule has 2 rings (SSSR count). The fourth-order valence-corrected chi connectivity index (χ4v) is 2.40. The Kier molecular flexibility index (Phi) is 8.12. The summed E-state index contributed by atoms with van der Waals surface area (Å²) >= 11 is 0. The summed E-state index contributed by atoms with van der Waals surface area (Å²) in [7, 11) is 0. The van der Waals surface area contributed by atoms with E-state index in [0.717, 1.165) is 11.1 Å². The first-order valence-corrected chi connectivity index (χ1v) is 8.85. The van der Waals surface area contributed by atoms with Crippen molar-refractivity contribution in [1.82, 2.24) is 10.8 Å². The van der Waals surface area contributed by atoms with Crippen LogP contribution in [0, 0.1) is 11.8 Å². The highest BCUT2D eigenvalue weighted by Gasteiger charge is 2.25. The Labute approximate surface area is 168 Å². The standard InChI is InChI=1S/C22H22N2O5/c1-15(26)20(22(28)24-29)23-21(27)19-12-10-17(11-13-19)5-3-2-4-16-6-8-18(14-25)9-7-16/h2,4,6-13,15,20,25-26,29H,14H2,1H3,(H,23,27)(H,24,28)/t15-,20-/m0/s1. The van der Waals surface area contributed by atoms with Gasteiger partial charge in [0.2, 0.25) is 0 Å². The number of aliphatic hydroxyl groups is 2. The van der Waals surface area contributed by atoms with Gasteiger partial charge >= 0.3 is 0 Å². The van der Waals surface area contributed by atoms with Crippen molar-refractivity contribution in [3.05, 3.63) is 76.9 Å². The van der Waals surface area contributed by atoms with Crippen LogP contribution in [0.25, 0.3) is 6.08 Å². The van der Waals surface area contributed by atoms with E-state index in [1.54, 1.807) is 30.3 Å². The summed E-state index contributed by atoms with van der Waals surface area (Å²) in [6.45, 7) is 1.33. The summed E-state index contributed by atoms with van der Waals surface area (Å²) in [5, 5.41) is 29.6. The van der Waals surface area contributed by atoms with Gasteiger partial charge in [0.05, 0.1) is 12.7 Å². The van der Waals surface area contributed by atoms with E-state index in [4.69, 9.17) is 10.3 Å². The van der Waals surface area contributed by atoms with Crippen LogP contribution in [0.2, 0.25) is 0 Å². The van der Waals surface area contributed by atoms with Gasteiger partial charge in [0.25, 0.3) is 11.8 Å². The normalized spacial score (nSPS) is 12.6. The second kappa shape index (κ2) is 10.8. The molecule has 0 aliphatic carbocycles. The molecule has 5 N–H and O–H groups in total. The molecule has 0 heterocycles. The fourth-order valence-electron chi connectivity index (χ4n) is 2.40. The molecule has 7 nitrogen and oxygen atoms in total. The molecule has 150 valence electrons. The number of carbonyl (C=O) groups excluding carboxylic acids is 2. The van der Waals surface area contributed by atoms with Gasteiger partial charge in [-0.25, -0.2) is 5.48 Å². The Bertz CT molecular complexity index is 922. The van der Waals surface area contributed by atoms with Crippen LogP contribution in [-0.2, 0) is 11.4 Å². The molecule has 2 atom stereocenters. The second-order valence-electron chi connectivity index (χ2n) is 6.25. The van der Waals surface area contributed by atoms with Crippen molar-refractivity contribution in [1.29, 1.82) is 0 Å². The third-order valence-corrected chi connectivity index (χ3v) is 4.05. The average Bonchev–Trinajstić information content (AvgIpc) is 2.75. The van der Waals surface area contributed by atoms with Crippen LogP contribution in [0.4, 0.5) is 0 Å². The summed E-state index contributed by atoms with van der Waals surface area (Å²) in [5.74, 6) is 4.37. The lowest BCUT2D eigenvalue weighted by molar-refractivity contribution is -0.133. The monoisotopic (exact) mass is 394 g/mol. The van der Waals surface area contributed by atoms with Crippen molar-refractivity contribution in [3.8, 4) is 11.8 Å². The van der Waals surface area contributed by atoms with Crippen molar-refractivity contribution in [2.45, 2.75) is 25.7 Å². The number of hydrogen-bond donors (Lipinski definition) is 5. The Morgan fingerprint density at radius 1 is 1.10 bits per heavy atom. The van der Waals surface area contributed by atoms with E-state index in [-0.39, 0.29) is 12.2 Å². The lowest BCUT2D eigenvalue weighted by Gasteiger charge is -2.19. The number of rotatable bonds is 6. The third kappa shape index (κ3) is 6.59. The smallest absolute Gasteiger partial charge is 0.268 e. The maximum Gasteiger partial charge on any atom is 0.268 e. The van der Waals surface area contributed by atoms with Gasteiger partial charge in [-0.1, -0.05) is 36.1 Å². The van der Waals surface area contributed by atoms with Crippen molar-refractivity contribution < 1.29 is 25.0 Å². The quantitative estimate of drug-likeness (QED) is 0.287. The van der Waals surface area contributed by atoms with Crippen molar-refractivity contribution in [3.63, 3.8) is 0 Å². The SMILES string of the molecule is C[C@H](O)[C@H](NC(=O)c1ccc(C#CC=Cc2ccc(CO)cc2)cc1)C(=O)NO. The summed E-state index contributed by atoms with van der Waals surface area (Å²) in [6.07, 6.45) is 2.37. The summed E-state index contributed by atoms with van der Waals surface area (Å²) in [4.78, 5) is 23.7.